The van der Waals surface area contributed by atoms with E-state index in [-0.39, 0.29) is 25.0 Å². The minimum atomic E-state index is -1.22. The molecule has 0 aliphatic carbocycles. The summed E-state index contributed by atoms with van der Waals surface area (Å²) in [5.41, 5.74) is 0. The van der Waals surface area contributed by atoms with Crippen LogP contribution in [0.3, 0.4) is 0 Å². The Hall–Kier alpha value is -5.34. The molecule has 0 unspecified atom stereocenters. The van der Waals surface area contributed by atoms with Crippen molar-refractivity contribution < 1.29 is 53.1 Å². The van der Waals surface area contributed by atoms with Crippen molar-refractivity contribution >= 4 is 59.1 Å². The lowest BCUT2D eigenvalue weighted by molar-refractivity contribution is -0.143. The van der Waals surface area contributed by atoms with Crippen molar-refractivity contribution in [2.75, 3.05) is 101 Å². The molecule has 276 valence electrons. The fourth-order valence-corrected chi connectivity index (χ4v) is 3.39. The number of carboxylic acid groups (broad SMARTS) is 1. The van der Waals surface area contributed by atoms with Crippen LogP contribution in [-0.2, 0) is 47.9 Å². The molecule has 0 saturated carbocycles. The molecule has 49 heavy (non-hydrogen) atoms. The number of nitrogens with one attached hydrogen (secondary N) is 5. The number of carbonyl (C=O) groups is 10. The Labute approximate surface area is 284 Å². The maximum absolute atomic E-state index is 12.4. The van der Waals surface area contributed by atoms with E-state index in [2.05, 4.69) is 26.6 Å². The molecule has 0 heterocycles. The van der Waals surface area contributed by atoms with Gasteiger partial charge in [0.1, 0.15) is 6.54 Å². The van der Waals surface area contributed by atoms with E-state index in [0.29, 0.717) is 0 Å². The molecule has 0 aromatic rings. The predicted octanol–water partition coefficient (Wildman–Crippen LogP) is -6.17. The summed E-state index contributed by atoms with van der Waals surface area (Å²) in [7, 11) is 6.58. The summed E-state index contributed by atoms with van der Waals surface area (Å²) in [4.78, 5) is 125. The zero-order chi connectivity index (χ0) is 37.8. The SMILES string of the molecule is CC(C)NCC(=O)N(C)CC(=O)NCC(=O)N(C)CC(=O)NCC(=O)N(C)CC(=O)NCC(=O)N(C)CC(=O)NCC(=O)N(C)CC(=O)O. The van der Waals surface area contributed by atoms with Gasteiger partial charge >= 0.3 is 5.97 Å². The maximum Gasteiger partial charge on any atom is 0.323 e. The molecule has 0 atom stereocenters. The molecule has 0 aromatic heterocycles. The number of carboxylic acids is 1. The van der Waals surface area contributed by atoms with Gasteiger partial charge in [-0.1, -0.05) is 13.8 Å². The Balaban J connectivity index is 4.42. The molecule has 21 nitrogen and oxygen atoms in total. The number of likely N-dealkylation sites (N-methyl/N-ethyl adjacent to an activating group) is 5. The van der Waals surface area contributed by atoms with E-state index in [0.717, 1.165) is 19.6 Å². The quantitative estimate of drug-likeness (QED) is 0.0653. The van der Waals surface area contributed by atoms with E-state index in [1.54, 1.807) is 0 Å². The minimum absolute atomic E-state index is 0.0538. The van der Waals surface area contributed by atoms with Crippen LogP contribution < -0.4 is 26.6 Å². The van der Waals surface area contributed by atoms with Gasteiger partial charge in [0.05, 0.1) is 58.9 Å². The van der Waals surface area contributed by atoms with Crippen LogP contribution in [0, 0.1) is 0 Å². The average Bonchev–Trinajstić information content (AvgIpc) is 3.01. The van der Waals surface area contributed by atoms with Crippen LogP contribution in [0.1, 0.15) is 13.8 Å². The molecule has 0 rings (SSSR count). The maximum atomic E-state index is 12.4. The highest BCUT2D eigenvalue weighted by atomic mass is 16.4. The number of hydrogen-bond acceptors (Lipinski definition) is 11. The third kappa shape index (κ3) is 19.8. The zero-order valence-corrected chi connectivity index (χ0v) is 28.9. The summed E-state index contributed by atoms with van der Waals surface area (Å²) in [5.74, 6) is -6.77. The van der Waals surface area contributed by atoms with Crippen molar-refractivity contribution in [3.8, 4) is 0 Å². The van der Waals surface area contributed by atoms with Gasteiger partial charge in [-0.2, -0.15) is 0 Å². The van der Waals surface area contributed by atoms with E-state index in [4.69, 9.17) is 5.11 Å². The molecule has 0 saturated heterocycles. The zero-order valence-electron chi connectivity index (χ0n) is 28.9. The van der Waals surface area contributed by atoms with E-state index < -0.39 is 106 Å². The number of rotatable bonds is 21. The van der Waals surface area contributed by atoms with E-state index in [1.807, 2.05) is 13.8 Å². The van der Waals surface area contributed by atoms with Gasteiger partial charge in [-0.3, -0.25) is 47.9 Å². The lowest BCUT2D eigenvalue weighted by atomic mass is 10.3. The number of hydrogen-bond donors (Lipinski definition) is 6. The second-order valence-electron chi connectivity index (χ2n) is 11.3. The summed E-state index contributed by atoms with van der Waals surface area (Å²) in [6.07, 6.45) is 0. The Morgan fingerprint density at radius 1 is 0.429 bits per heavy atom. The first-order valence-electron chi connectivity index (χ1n) is 14.9. The highest BCUT2D eigenvalue weighted by Gasteiger charge is 2.20. The van der Waals surface area contributed by atoms with E-state index >= 15 is 0 Å². The molecule has 0 aromatic carbocycles. The van der Waals surface area contributed by atoms with Crippen LogP contribution in [0.4, 0.5) is 0 Å². The van der Waals surface area contributed by atoms with Crippen LogP contribution in [0.25, 0.3) is 0 Å². The lowest BCUT2D eigenvalue weighted by Crippen LogP contribution is -2.48. The van der Waals surface area contributed by atoms with Gasteiger partial charge in [-0.05, 0) is 0 Å². The average molecular weight is 701 g/mol. The molecule has 0 radical (unpaired) electrons. The van der Waals surface area contributed by atoms with E-state index in [1.165, 1.54) is 40.1 Å². The summed E-state index contributed by atoms with van der Waals surface area (Å²) in [6, 6.07) is 0.0894. The van der Waals surface area contributed by atoms with Gasteiger partial charge in [0.25, 0.3) is 0 Å². The van der Waals surface area contributed by atoms with Crippen molar-refractivity contribution in [3.05, 3.63) is 0 Å². The van der Waals surface area contributed by atoms with Crippen LogP contribution in [0.15, 0.2) is 0 Å². The number of nitrogens with zero attached hydrogens (tertiary/aromatic N) is 5. The normalized spacial score (nSPS) is 10.3. The first-order chi connectivity index (χ1) is 22.7. The molecule has 0 bridgehead atoms. The molecule has 0 spiro atoms. The highest BCUT2D eigenvalue weighted by molar-refractivity contribution is 5.93. The Bertz CT molecular complexity index is 1240. The molecule has 0 aliphatic rings. The van der Waals surface area contributed by atoms with Crippen molar-refractivity contribution in [1.29, 1.82) is 0 Å². The molecular formula is C28H48N10O11. The summed E-state index contributed by atoms with van der Waals surface area (Å²) < 4.78 is 0. The standard InChI is InChI=1S/C28H48N10O11/c1-18(2)29-8-23(43)34(3)13-19(39)30-9-24(44)35(4)14-20(40)31-10-25(45)36(5)15-21(41)32-11-26(46)37(6)16-22(42)33-12-27(47)38(7)17-28(48)49/h18,29H,8-17H2,1-7H3,(H,30,39)(H,31,40)(H,32,41)(H,33,42)(H,48,49). The van der Waals surface area contributed by atoms with Crippen molar-refractivity contribution in [1.82, 2.24) is 51.1 Å². The molecule has 0 fully saturated rings. The minimum Gasteiger partial charge on any atom is -0.480 e. The van der Waals surface area contributed by atoms with Crippen LogP contribution in [0.2, 0.25) is 0 Å². The number of aliphatic carboxylic acids is 1. The van der Waals surface area contributed by atoms with Crippen LogP contribution >= 0.6 is 0 Å². The Kier molecular flexibility index (Phi) is 19.8. The van der Waals surface area contributed by atoms with Crippen molar-refractivity contribution in [3.63, 3.8) is 0 Å². The second kappa shape index (κ2) is 22.3. The van der Waals surface area contributed by atoms with Gasteiger partial charge in [0.15, 0.2) is 0 Å². The highest BCUT2D eigenvalue weighted by Crippen LogP contribution is 1.91. The fraction of sp³-hybridized carbons (Fsp3) is 0.643. The number of amides is 9. The summed E-state index contributed by atoms with van der Waals surface area (Å²) >= 11 is 0. The lowest BCUT2D eigenvalue weighted by Gasteiger charge is -2.20. The Morgan fingerprint density at radius 3 is 0.878 bits per heavy atom. The molecule has 9 amide bonds. The topological polar surface area (TPSA) is 267 Å². The van der Waals surface area contributed by atoms with Gasteiger partial charge in [-0.25, -0.2) is 0 Å². The predicted molar refractivity (Wildman–Crippen MR) is 171 cm³/mol. The van der Waals surface area contributed by atoms with Gasteiger partial charge in [-0.15, -0.1) is 0 Å². The third-order valence-electron chi connectivity index (χ3n) is 6.43. The van der Waals surface area contributed by atoms with Gasteiger partial charge in [0.2, 0.25) is 53.2 Å². The van der Waals surface area contributed by atoms with Crippen LogP contribution in [0.5, 0.6) is 0 Å². The van der Waals surface area contributed by atoms with E-state index in [9.17, 15) is 47.9 Å². The Morgan fingerprint density at radius 2 is 0.653 bits per heavy atom. The van der Waals surface area contributed by atoms with Crippen LogP contribution in [-0.4, -0.2) is 195 Å². The smallest absolute Gasteiger partial charge is 0.323 e. The monoisotopic (exact) mass is 700 g/mol. The first kappa shape index (κ1) is 43.7. The molecule has 6 N–H and O–H groups in total. The fourth-order valence-electron chi connectivity index (χ4n) is 3.39. The summed E-state index contributed by atoms with van der Waals surface area (Å²) in [6.45, 7) is -0.278. The molecule has 21 heteroatoms. The first-order valence-corrected chi connectivity index (χ1v) is 14.9. The second-order valence-corrected chi connectivity index (χ2v) is 11.3. The van der Waals surface area contributed by atoms with Gasteiger partial charge in [0, 0.05) is 41.3 Å². The third-order valence-corrected chi connectivity index (χ3v) is 6.43. The summed E-state index contributed by atoms with van der Waals surface area (Å²) in [5, 5.41) is 20.9. The van der Waals surface area contributed by atoms with Gasteiger partial charge < -0.3 is 56.2 Å². The van der Waals surface area contributed by atoms with Crippen molar-refractivity contribution in [2.45, 2.75) is 19.9 Å². The number of carbonyl (C=O) groups excluding carboxylic acids is 9. The molecule has 0 aliphatic heterocycles. The van der Waals surface area contributed by atoms with Crippen molar-refractivity contribution in [2.24, 2.45) is 0 Å². The molecular weight excluding hydrogens is 652 g/mol. The largest absolute Gasteiger partial charge is 0.480 e.